The molecule has 1 aliphatic heterocycles. The van der Waals surface area contributed by atoms with Crippen molar-refractivity contribution < 1.29 is 0 Å². The van der Waals surface area contributed by atoms with E-state index in [1.807, 2.05) is 18.3 Å². The van der Waals surface area contributed by atoms with Crippen molar-refractivity contribution in [3.63, 3.8) is 0 Å². The van der Waals surface area contributed by atoms with Crippen LogP contribution in [0.4, 0.5) is 5.82 Å². The molecule has 0 saturated heterocycles. The van der Waals surface area contributed by atoms with Crippen molar-refractivity contribution in [1.82, 2.24) is 24.9 Å². The van der Waals surface area contributed by atoms with Crippen LogP contribution >= 0.6 is 11.8 Å². The third-order valence-electron chi connectivity index (χ3n) is 4.46. The maximum absolute atomic E-state index is 7.76. The van der Waals surface area contributed by atoms with Crippen molar-refractivity contribution in [1.29, 1.82) is 10.8 Å². The third kappa shape index (κ3) is 5.06. The van der Waals surface area contributed by atoms with Crippen LogP contribution in [-0.4, -0.2) is 76.4 Å². The van der Waals surface area contributed by atoms with Crippen LogP contribution in [0.1, 0.15) is 12.0 Å². The van der Waals surface area contributed by atoms with Gasteiger partial charge in [-0.05, 0) is 62.6 Å². The first-order valence-corrected chi connectivity index (χ1v) is 9.95. The Hall–Kier alpha value is -2.49. The van der Waals surface area contributed by atoms with Crippen LogP contribution in [0.5, 0.6) is 0 Å². The van der Waals surface area contributed by atoms with Crippen LogP contribution in [0.25, 0.3) is 16.6 Å². The van der Waals surface area contributed by atoms with Crippen molar-refractivity contribution in [3.05, 3.63) is 36.2 Å². The van der Waals surface area contributed by atoms with E-state index in [4.69, 9.17) is 10.8 Å². The second kappa shape index (κ2) is 9.13. The maximum Gasteiger partial charge on any atom is 0.165 e. The van der Waals surface area contributed by atoms with E-state index in [9.17, 15) is 0 Å². The molecule has 0 atom stereocenters. The summed E-state index contributed by atoms with van der Waals surface area (Å²) in [4.78, 5) is 11.3. The Labute approximate surface area is 169 Å². The molecule has 3 heterocycles. The quantitative estimate of drug-likeness (QED) is 0.487. The summed E-state index contributed by atoms with van der Waals surface area (Å²) >= 11 is 0.999. The Kier molecular flexibility index (Phi) is 6.61. The molecule has 0 aliphatic carbocycles. The Morgan fingerprint density at radius 2 is 2.18 bits per heavy atom. The van der Waals surface area contributed by atoms with E-state index in [1.54, 1.807) is 6.07 Å². The van der Waals surface area contributed by atoms with Gasteiger partial charge in [0.15, 0.2) is 5.17 Å². The summed E-state index contributed by atoms with van der Waals surface area (Å²) in [5, 5.41) is 22.4. The highest BCUT2D eigenvalue weighted by Crippen LogP contribution is 2.25. The van der Waals surface area contributed by atoms with Gasteiger partial charge in [0.05, 0.1) is 16.6 Å². The monoisotopic (exact) mass is 398 g/mol. The zero-order valence-corrected chi connectivity index (χ0v) is 17.3. The molecule has 0 bridgehead atoms. The molecular weight excluding hydrogens is 372 g/mol. The van der Waals surface area contributed by atoms with E-state index >= 15 is 0 Å². The van der Waals surface area contributed by atoms with Crippen molar-refractivity contribution in [3.8, 4) is 0 Å². The highest BCUT2D eigenvalue weighted by Gasteiger charge is 2.19. The number of thioether (sulfide) groups is 1. The van der Waals surface area contributed by atoms with Crippen molar-refractivity contribution in [2.45, 2.75) is 6.42 Å². The number of pyridine rings is 2. The second-order valence-corrected chi connectivity index (χ2v) is 7.82. The first kappa shape index (κ1) is 20.2. The van der Waals surface area contributed by atoms with Gasteiger partial charge in [0, 0.05) is 38.1 Å². The van der Waals surface area contributed by atoms with Gasteiger partial charge in [-0.1, -0.05) is 0 Å². The smallest absolute Gasteiger partial charge is 0.165 e. The Morgan fingerprint density at radius 3 is 2.93 bits per heavy atom. The topological polar surface area (TPSA) is 95.2 Å². The highest BCUT2D eigenvalue weighted by atomic mass is 32.2. The molecule has 0 saturated carbocycles. The number of nitrogens with one attached hydrogen (secondary N) is 3. The van der Waals surface area contributed by atoms with E-state index in [1.165, 1.54) is 5.57 Å². The lowest BCUT2D eigenvalue weighted by Gasteiger charge is -2.25. The number of amidine groups is 1. The molecule has 0 unspecified atom stereocenters. The van der Waals surface area contributed by atoms with Crippen LogP contribution in [0.3, 0.4) is 0 Å². The predicted octanol–water partition coefficient (Wildman–Crippen LogP) is 2.77. The molecule has 0 aromatic carbocycles. The van der Waals surface area contributed by atoms with Gasteiger partial charge in [-0.2, -0.15) is 0 Å². The summed E-state index contributed by atoms with van der Waals surface area (Å²) in [6.07, 6.45) is 5.19. The first-order valence-electron chi connectivity index (χ1n) is 9.07. The normalized spacial score (nSPS) is 14.6. The third-order valence-corrected chi connectivity index (χ3v) is 4.92. The minimum Gasteiger partial charge on any atom is -0.320 e. The van der Waals surface area contributed by atoms with E-state index in [0.29, 0.717) is 5.82 Å². The zero-order valence-electron chi connectivity index (χ0n) is 16.4. The molecule has 0 radical (unpaired) electrons. The number of hydrogen-bond acceptors (Lipinski definition) is 8. The van der Waals surface area contributed by atoms with Gasteiger partial charge in [0.25, 0.3) is 0 Å². The molecule has 9 heteroatoms. The van der Waals surface area contributed by atoms with Crippen LogP contribution in [0, 0.1) is 10.8 Å². The molecule has 0 amide bonds. The van der Waals surface area contributed by atoms with Crippen LogP contribution < -0.4 is 5.32 Å². The number of rotatable bonds is 7. The lowest BCUT2D eigenvalue weighted by Crippen LogP contribution is -2.33. The van der Waals surface area contributed by atoms with Crippen molar-refractivity contribution in [2.75, 3.05) is 46.1 Å². The van der Waals surface area contributed by atoms with E-state index in [2.05, 4.69) is 57.5 Å². The highest BCUT2D eigenvalue weighted by molar-refractivity contribution is 8.25. The number of nitrogens with zero attached hydrogens (tertiary/aromatic N) is 5. The van der Waals surface area contributed by atoms with E-state index < -0.39 is 0 Å². The summed E-state index contributed by atoms with van der Waals surface area (Å²) in [5.74, 6) is 0.577. The average Bonchev–Trinajstić information content (AvgIpc) is 3.02. The lowest BCUT2D eigenvalue weighted by atomic mass is 10.1. The van der Waals surface area contributed by atoms with Gasteiger partial charge in [0.2, 0.25) is 0 Å². The van der Waals surface area contributed by atoms with Crippen LogP contribution in [0.15, 0.2) is 30.6 Å². The SMILES string of the molecule is CN(C)CCCN1C=C(c2cnc3ccc(NC(=N)SC=N)nc3c2)CN1C. The minimum atomic E-state index is 0.166. The molecule has 8 nitrogen and oxygen atoms in total. The van der Waals surface area contributed by atoms with Crippen molar-refractivity contribution in [2.24, 2.45) is 0 Å². The molecular formula is C19H26N8S. The molecule has 2 aromatic heterocycles. The minimum absolute atomic E-state index is 0.166. The van der Waals surface area contributed by atoms with Gasteiger partial charge >= 0.3 is 0 Å². The van der Waals surface area contributed by atoms with E-state index in [0.717, 1.165) is 60.0 Å². The Bertz CT molecular complexity index is 895. The van der Waals surface area contributed by atoms with E-state index in [-0.39, 0.29) is 5.17 Å². The van der Waals surface area contributed by atoms with Crippen LogP contribution in [-0.2, 0) is 0 Å². The van der Waals surface area contributed by atoms with Gasteiger partial charge in [-0.15, -0.1) is 0 Å². The molecule has 3 rings (SSSR count). The lowest BCUT2D eigenvalue weighted by molar-refractivity contribution is 0.0809. The molecule has 0 fully saturated rings. The number of fused-ring (bicyclic) bond motifs is 1. The van der Waals surface area contributed by atoms with Gasteiger partial charge in [0.1, 0.15) is 5.82 Å². The Balaban J connectivity index is 1.77. The molecule has 0 spiro atoms. The van der Waals surface area contributed by atoms with Gasteiger partial charge in [-0.25, -0.2) is 9.99 Å². The second-order valence-electron chi connectivity index (χ2n) is 6.94. The van der Waals surface area contributed by atoms with Crippen LogP contribution in [0.2, 0.25) is 0 Å². The summed E-state index contributed by atoms with van der Waals surface area (Å²) < 4.78 is 0. The fourth-order valence-electron chi connectivity index (χ4n) is 3.06. The molecule has 2 aromatic rings. The first-order chi connectivity index (χ1) is 13.5. The fraction of sp³-hybridized carbons (Fsp3) is 0.368. The summed E-state index contributed by atoms with van der Waals surface area (Å²) in [7, 11) is 6.29. The molecule has 3 N–H and O–H groups in total. The number of hydrogen-bond donors (Lipinski definition) is 3. The largest absolute Gasteiger partial charge is 0.320 e. The molecule has 28 heavy (non-hydrogen) atoms. The molecule has 148 valence electrons. The number of hydrazine groups is 1. The number of aromatic nitrogens is 2. The molecule has 1 aliphatic rings. The zero-order chi connectivity index (χ0) is 20.1. The van der Waals surface area contributed by atoms with Gasteiger partial charge < -0.3 is 20.6 Å². The Morgan fingerprint density at radius 1 is 1.36 bits per heavy atom. The van der Waals surface area contributed by atoms with Gasteiger partial charge in [-0.3, -0.25) is 10.4 Å². The van der Waals surface area contributed by atoms with Crippen molar-refractivity contribution >= 4 is 44.9 Å². The maximum atomic E-state index is 7.76. The number of anilines is 1. The summed E-state index contributed by atoms with van der Waals surface area (Å²) in [6.45, 7) is 2.89. The fourth-order valence-corrected chi connectivity index (χ4v) is 3.34. The average molecular weight is 399 g/mol. The summed E-state index contributed by atoms with van der Waals surface area (Å²) in [5.41, 5.74) is 4.99. The number of likely N-dealkylation sites (N-methyl/N-ethyl adjacent to an activating group) is 1. The predicted molar refractivity (Wildman–Crippen MR) is 118 cm³/mol. The summed E-state index contributed by atoms with van der Waals surface area (Å²) in [6, 6.07) is 5.73. The standard InChI is InChI=1S/C19H26N8S/c1-25(2)7-4-8-27-12-15(11-26(27)3)14-9-17-16(22-10-14)5-6-18(23-17)24-19(21)28-13-20/h5-6,9-10,12-13,20H,4,7-8,11H2,1-3H3,(H2,21,23,24).